The van der Waals surface area contributed by atoms with E-state index in [4.69, 9.17) is 14.6 Å². The van der Waals surface area contributed by atoms with Gasteiger partial charge in [-0.2, -0.15) is 13.2 Å². The van der Waals surface area contributed by atoms with Crippen molar-refractivity contribution in [3.63, 3.8) is 0 Å². The van der Waals surface area contributed by atoms with E-state index in [0.29, 0.717) is 25.1 Å². The second kappa shape index (κ2) is 9.18. The molecular formula is C18H23F3N2O4. The monoisotopic (exact) mass is 388 g/mol. The van der Waals surface area contributed by atoms with Gasteiger partial charge in [0.2, 0.25) is 5.91 Å². The van der Waals surface area contributed by atoms with Gasteiger partial charge in [0.05, 0.1) is 6.61 Å². The minimum absolute atomic E-state index is 0.287. The third-order valence-corrected chi connectivity index (χ3v) is 4.74. The fraction of sp³-hybridized carbons (Fsp3) is 0.556. The lowest BCUT2D eigenvalue weighted by Gasteiger charge is -2.25. The second-order valence-electron chi connectivity index (χ2n) is 6.47. The number of carbonyl (C=O) groups is 2. The topological polar surface area (TPSA) is 70.1 Å². The number of carboxylic acids is 1. The molecule has 2 heterocycles. The van der Waals surface area contributed by atoms with Crippen molar-refractivity contribution in [2.75, 3.05) is 26.8 Å². The van der Waals surface area contributed by atoms with Crippen LogP contribution in [0.15, 0.2) is 30.3 Å². The smallest absolute Gasteiger partial charge is 0.475 e. The van der Waals surface area contributed by atoms with Crippen molar-refractivity contribution in [3.8, 4) is 0 Å². The zero-order valence-corrected chi connectivity index (χ0v) is 15.0. The van der Waals surface area contributed by atoms with Crippen molar-refractivity contribution < 1.29 is 32.6 Å². The Hall–Kier alpha value is -2.13. The van der Waals surface area contributed by atoms with Gasteiger partial charge in [0.1, 0.15) is 0 Å². The van der Waals surface area contributed by atoms with Gasteiger partial charge in [-0.05, 0) is 12.0 Å². The molecule has 0 radical (unpaired) electrons. The summed E-state index contributed by atoms with van der Waals surface area (Å²) in [5.74, 6) is -2.47. The molecule has 0 unspecified atom stereocenters. The number of alkyl halides is 3. The van der Waals surface area contributed by atoms with Crippen molar-refractivity contribution in [3.05, 3.63) is 35.9 Å². The van der Waals surface area contributed by atoms with Crippen molar-refractivity contribution >= 4 is 11.9 Å². The highest BCUT2D eigenvalue weighted by atomic mass is 19.4. The minimum Gasteiger partial charge on any atom is -0.475 e. The minimum atomic E-state index is -5.08. The summed E-state index contributed by atoms with van der Waals surface area (Å²) < 4.78 is 36.9. The molecule has 2 aliphatic rings. The summed E-state index contributed by atoms with van der Waals surface area (Å²) in [5, 5.41) is 7.12. The lowest BCUT2D eigenvalue weighted by Crippen LogP contribution is -2.38. The molecular weight excluding hydrogens is 365 g/mol. The Morgan fingerprint density at radius 3 is 2.44 bits per heavy atom. The van der Waals surface area contributed by atoms with Gasteiger partial charge in [-0.15, -0.1) is 0 Å². The van der Waals surface area contributed by atoms with E-state index in [1.165, 1.54) is 5.56 Å². The molecule has 2 aliphatic heterocycles. The zero-order chi connectivity index (χ0) is 20.0. The molecule has 2 atom stereocenters. The van der Waals surface area contributed by atoms with Gasteiger partial charge in [-0.25, -0.2) is 4.79 Å². The standard InChI is InChI=1S/C16H22N2O2.C2HF3O2/c1-20-10-9-18-14-7-8-17(15(14)11-16(18)19)12-13-5-3-2-4-6-13;3-2(4,5)1(6)7/h2-6,14-15H,7-12H2,1H3;(H,6,7)/t14-,15+;/m1./s1. The van der Waals surface area contributed by atoms with E-state index in [1.807, 2.05) is 11.0 Å². The molecule has 27 heavy (non-hydrogen) atoms. The van der Waals surface area contributed by atoms with Crippen molar-refractivity contribution in [2.24, 2.45) is 0 Å². The van der Waals surface area contributed by atoms with Crippen molar-refractivity contribution in [1.29, 1.82) is 0 Å². The Balaban J connectivity index is 0.000000321. The van der Waals surface area contributed by atoms with E-state index in [0.717, 1.165) is 26.1 Å². The summed E-state index contributed by atoms with van der Waals surface area (Å²) in [6.07, 6.45) is -3.33. The number of amides is 1. The molecule has 0 saturated carbocycles. The third-order valence-electron chi connectivity index (χ3n) is 4.74. The Morgan fingerprint density at radius 2 is 1.89 bits per heavy atom. The van der Waals surface area contributed by atoms with E-state index in [1.54, 1.807) is 7.11 Å². The number of ether oxygens (including phenoxy) is 1. The van der Waals surface area contributed by atoms with Crippen molar-refractivity contribution in [2.45, 2.75) is 37.6 Å². The first-order chi connectivity index (χ1) is 12.7. The largest absolute Gasteiger partial charge is 0.490 e. The normalized spacial score (nSPS) is 22.4. The highest BCUT2D eigenvalue weighted by Crippen LogP contribution is 2.33. The van der Waals surface area contributed by atoms with Gasteiger partial charge in [-0.3, -0.25) is 9.69 Å². The van der Waals surface area contributed by atoms with Gasteiger partial charge >= 0.3 is 12.1 Å². The summed E-state index contributed by atoms with van der Waals surface area (Å²) in [7, 11) is 1.69. The highest BCUT2D eigenvalue weighted by molar-refractivity contribution is 5.80. The number of carboxylic acid groups (broad SMARTS) is 1. The Bertz CT molecular complexity index is 639. The number of methoxy groups -OCH3 is 1. The lowest BCUT2D eigenvalue weighted by molar-refractivity contribution is -0.192. The first-order valence-electron chi connectivity index (χ1n) is 8.60. The number of benzene rings is 1. The molecule has 1 aromatic carbocycles. The summed E-state index contributed by atoms with van der Waals surface area (Å²) in [5.41, 5.74) is 1.33. The molecule has 0 aliphatic carbocycles. The Morgan fingerprint density at radius 1 is 1.26 bits per heavy atom. The van der Waals surface area contributed by atoms with Crippen LogP contribution in [0.1, 0.15) is 18.4 Å². The number of nitrogens with zero attached hydrogens (tertiary/aromatic N) is 2. The van der Waals surface area contributed by atoms with Gasteiger partial charge in [-0.1, -0.05) is 30.3 Å². The third kappa shape index (κ3) is 5.67. The van der Waals surface area contributed by atoms with Crippen LogP contribution in [-0.4, -0.2) is 71.8 Å². The number of aliphatic carboxylic acids is 1. The first kappa shape index (κ1) is 21.2. The number of rotatable bonds is 5. The fourth-order valence-electron chi connectivity index (χ4n) is 3.50. The molecule has 0 aromatic heterocycles. The molecule has 3 rings (SSSR count). The molecule has 1 N–H and O–H groups in total. The van der Waals surface area contributed by atoms with Crippen molar-refractivity contribution in [1.82, 2.24) is 9.80 Å². The van der Waals surface area contributed by atoms with Crippen LogP contribution in [0.25, 0.3) is 0 Å². The lowest BCUT2D eigenvalue weighted by atomic mass is 10.1. The highest BCUT2D eigenvalue weighted by Gasteiger charge is 2.46. The number of hydrogen-bond donors (Lipinski definition) is 1. The average Bonchev–Trinajstić information content (AvgIpc) is 3.13. The van der Waals surface area contributed by atoms with Gasteiger partial charge in [0, 0.05) is 45.2 Å². The summed E-state index contributed by atoms with van der Waals surface area (Å²) in [6, 6.07) is 11.3. The van der Waals surface area contributed by atoms with Crippen LogP contribution in [0.4, 0.5) is 13.2 Å². The number of halogens is 3. The number of fused-ring (bicyclic) bond motifs is 1. The van der Waals surface area contributed by atoms with Crippen LogP contribution >= 0.6 is 0 Å². The molecule has 2 fully saturated rings. The Labute approximate surface area is 155 Å². The van der Waals surface area contributed by atoms with Crippen LogP contribution in [0, 0.1) is 0 Å². The van der Waals surface area contributed by atoms with Crippen LogP contribution < -0.4 is 0 Å². The summed E-state index contributed by atoms with van der Waals surface area (Å²) >= 11 is 0. The number of likely N-dealkylation sites (tertiary alicyclic amines) is 2. The van der Waals surface area contributed by atoms with Crippen LogP contribution in [0.3, 0.4) is 0 Å². The van der Waals surface area contributed by atoms with Crippen LogP contribution in [0.5, 0.6) is 0 Å². The zero-order valence-electron chi connectivity index (χ0n) is 15.0. The van der Waals surface area contributed by atoms with Gasteiger partial charge in [0.15, 0.2) is 0 Å². The predicted octanol–water partition coefficient (Wildman–Crippen LogP) is 2.14. The van der Waals surface area contributed by atoms with E-state index in [9.17, 15) is 18.0 Å². The molecule has 1 aromatic rings. The van der Waals surface area contributed by atoms with E-state index in [-0.39, 0.29) is 5.91 Å². The SMILES string of the molecule is COCCN1C(=O)C[C@H]2[C@H]1CCN2Cc1ccccc1.O=C(O)C(F)(F)F. The number of carbonyl (C=O) groups excluding carboxylic acids is 1. The maximum atomic E-state index is 12.1. The Kier molecular flexibility index (Phi) is 7.20. The van der Waals surface area contributed by atoms with Gasteiger partial charge in [0.25, 0.3) is 0 Å². The molecule has 0 spiro atoms. The van der Waals surface area contributed by atoms with E-state index < -0.39 is 12.1 Å². The predicted molar refractivity (Wildman–Crippen MR) is 90.9 cm³/mol. The maximum Gasteiger partial charge on any atom is 0.490 e. The van der Waals surface area contributed by atoms with Crippen LogP contribution in [0.2, 0.25) is 0 Å². The molecule has 9 heteroatoms. The quantitative estimate of drug-likeness (QED) is 0.837. The number of hydrogen-bond acceptors (Lipinski definition) is 4. The molecule has 0 bridgehead atoms. The maximum absolute atomic E-state index is 12.1. The van der Waals surface area contributed by atoms with E-state index in [2.05, 4.69) is 29.2 Å². The average molecular weight is 388 g/mol. The van der Waals surface area contributed by atoms with Crippen LogP contribution in [-0.2, 0) is 20.9 Å². The fourth-order valence-corrected chi connectivity index (χ4v) is 3.50. The summed E-state index contributed by atoms with van der Waals surface area (Å²) in [4.78, 5) is 25.5. The molecule has 6 nitrogen and oxygen atoms in total. The molecule has 150 valence electrons. The first-order valence-corrected chi connectivity index (χ1v) is 8.60. The second-order valence-corrected chi connectivity index (χ2v) is 6.47. The van der Waals surface area contributed by atoms with Gasteiger partial charge < -0.3 is 14.7 Å². The van der Waals surface area contributed by atoms with E-state index >= 15 is 0 Å². The molecule has 2 saturated heterocycles. The summed E-state index contributed by atoms with van der Waals surface area (Å²) in [6.45, 7) is 3.40. The molecule has 1 amide bonds.